The van der Waals surface area contributed by atoms with E-state index in [0.29, 0.717) is 0 Å². The molecule has 0 saturated carbocycles. The molecule has 0 amide bonds. The van der Waals surface area contributed by atoms with Crippen molar-refractivity contribution in [1.82, 2.24) is 0 Å². The molecule has 0 spiro atoms. The van der Waals surface area contributed by atoms with Crippen LogP contribution in [0.15, 0.2) is 24.3 Å². The Morgan fingerprint density at radius 1 is 1.31 bits per heavy atom. The molecule has 0 fully saturated rings. The third kappa shape index (κ3) is 6.68. The summed E-state index contributed by atoms with van der Waals surface area (Å²) in [5.41, 5.74) is 0.538. The minimum atomic E-state index is -1.01. The topological polar surface area (TPSA) is 40.1 Å². The van der Waals surface area contributed by atoms with Crippen molar-refractivity contribution in [3.8, 4) is 0 Å². The SMILES string of the molecule is CC(C)(C)C(=O)[O-].Fc1ccc([CH2][Zn+])cc1. The molecule has 1 aromatic carbocycles. The van der Waals surface area contributed by atoms with Gasteiger partial charge in [0.05, 0.1) is 0 Å². The van der Waals surface area contributed by atoms with E-state index in [1.165, 1.54) is 36.0 Å². The van der Waals surface area contributed by atoms with Crippen LogP contribution in [0.1, 0.15) is 26.3 Å². The van der Waals surface area contributed by atoms with Crippen molar-refractivity contribution in [1.29, 1.82) is 0 Å². The fourth-order valence-corrected chi connectivity index (χ4v) is 1.35. The van der Waals surface area contributed by atoms with Gasteiger partial charge in [0.15, 0.2) is 0 Å². The first-order chi connectivity index (χ1) is 7.27. The predicted octanol–water partition coefficient (Wildman–Crippen LogP) is 1.65. The van der Waals surface area contributed by atoms with Crippen LogP contribution in [0, 0.1) is 11.2 Å². The average Bonchev–Trinajstić information content (AvgIpc) is 2.18. The quantitative estimate of drug-likeness (QED) is 0.731. The Morgan fingerprint density at radius 3 is 1.94 bits per heavy atom. The summed E-state index contributed by atoms with van der Waals surface area (Å²) in [6.45, 7) is 4.80. The van der Waals surface area contributed by atoms with Gasteiger partial charge in [-0.25, -0.2) is 0 Å². The van der Waals surface area contributed by atoms with Gasteiger partial charge in [-0.05, 0) is 0 Å². The molecule has 0 aromatic heterocycles. The summed E-state index contributed by atoms with van der Waals surface area (Å²) in [6, 6.07) is 6.67. The Kier molecular flexibility index (Phi) is 6.43. The zero-order chi connectivity index (χ0) is 12.8. The van der Waals surface area contributed by atoms with E-state index in [2.05, 4.69) is 0 Å². The maximum atomic E-state index is 12.2. The molecular weight excluding hydrogens is 261 g/mol. The van der Waals surface area contributed by atoms with Crippen LogP contribution in [0.4, 0.5) is 4.39 Å². The van der Waals surface area contributed by atoms with Gasteiger partial charge in [0.1, 0.15) is 0 Å². The Bertz CT molecular complexity index is 328. The molecule has 0 saturated heterocycles. The number of benzene rings is 1. The number of carbonyl (C=O) groups is 1. The molecule has 0 aliphatic carbocycles. The van der Waals surface area contributed by atoms with E-state index in [0.717, 1.165) is 5.02 Å². The van der Waals surface area contributed by atoms with E-state index < -0.39 is 11.4 Å². The summed E-state index contributed by atoms with van der Waals surface area (Å²) in [5, 5.41) is 11.0. The van der Waals surface area contributed by atoms with E-state index >= 15 is 0 Å². The van der Waals surface area contributed by atoms with Gasteiger partial charge >= 0.3 is 63.4 Å². The van der Waals surface area contributed by atoms with Crippen molar-refractivity contribution in [2.75, 3.05) is 0 Å². The van der Waals surface area contributed by atoms with Gasteiger partial charge in [-0.2, -0.15) is 0 Å². The van der Waals surface area contributed by atoms with Crippen LogP contribution in [0.25, 0.3) is 0 Å². The molecule has 0 unspecified atom stereocenters. The van der Waals surface area contributed by atoms with Crippen molar-refractivity contribution in [2.24, 2.45) is 5.41 Å². The molecular formula is C12H15FO2Zn. The van der Waals surface area contributed by atoms with Gasteiger partial charge in [0, 0.05) is 11.4 Å². The Morgan fingerprint density at radius 2 is 1.69 bits per heavy atom. The number of hydrogen-bond acceptors (Lipinski definition) is 2. The van der Waals surface area contributed by atoms with Crippen molar-refractivity contribution < 1.29 is 32.6 Å². The summed E-state index contributed by atoms with van der Waals surface area (Å²) < 4.78 is 12.2. The van der Waals surface area contributed by atoms with Crippen LogP contribution in [-0.2, 0) is 28.1 Å². The average molecular weight is 276 g/mol. The van der Waals surface area contributed by atoms with Crippen LogP contribution in [0.2, 0.25) is 0 Å². The second-order valence-corrected chi connectivity index (χ2v) is 5.46. The Balaban J connectivity index is 0.000000293. The molecule has 1 aromatic rings. The summed E-state index contributed by atoms with van der Waals surface area (Å²) >= 11 is 1.24. The molecule has 0 radical (unpaired) electrons. The molecule has 0 bridgehead atoms. The van der Waals surface area contributed by atoms with Gasteiger partial charge in [0.2, 0.25) is 0 Å². The number of carbonyl (C=O) groups excluding carboxylic acids is 1. The van der Waals surface area contributed by atoms with Crippen LogP contribution >= 0.6 is 0 Å². The van der Waals surface area contributed by atoms with E-state index in [-0.39, 0.29) is 5.82 Å². The number of carboxylic acids is 1. The van der Waals surface area contributed by atoms with Crippen LogP contribution < -0.4 is 5.11 Å². The maximum absolute atomic E-state index is 12.2. The first-order valence-electron chi connectivity index (χ1n) is 5.02. The molecule has 84 valence electrons. The minimum absolute atomic E-state index is 0.146. The Labute approximate surface area is 106 Å². The first kappa shape index (κ1) is 15.2. The van der Waals surface area contributed by atoms with Crippen molar-refractivity contribution in [2.45, 2.75) is 25.8 Å². The van der Waals surface area contributed by atoms with Gasteiger partial charge in [-0.15, -0.1) is 0 Å². The third-order valence-corrected chi connectivity index (χ3v) is 3.03. The number of carboxylic acid groups (broad SMARTS) is 1. The second kappa shape index (κ2) is 6.75. The van der Waals surface area contributed by atoms with Gasteiger partial charge < -0.3 is 9.90 Å². The fraction of sp³-hybridized carbons (Fsp3) is 0.417. The molecule has 0 N–H and O–H groups in total. The zero-order valence-electron chi connectivity index (χ0n) is 9.92. The Hall–Kier alpha value is -0.757. The summed E-state index contributed by atoms with van der Waals surface area (Å²) in [4.78, 5) is 9.91. The van der Waals surface area contributed by atoms with E-state index in [9.17, 15) is 14.3 Å². The molecule has 1 rings (SSSR count). The predicted molar refractivity (Wildman–Crippen MR) is 54.6 cm³/mol. The normalized spacial score (nSPS) is 10.4. The first-order valence-corrected chi connectivity index (χ1v) is 7.12. The molecule has 0 heterocycles. The molecule has 0 aliphatic rings. The summed E-state index contributed by atoms with van der Waals surface area (Å²) in [5.74, 6) is -1.15. The third-order valence-electron chi connectivity index (χ3n) is 1.81. The zero-order valence-corrected chi connectivity index (χ0v) is 12.9. The number of aliphatic carboxylic acids is 1. The number of halogens is 1. The van der Waals surface area contributed by atoms with Gasteiger partial charge in [0.25, 0.3) is 0 Å². The monoisotopic (exact) mass is 274 g/mol. The van der Waals surface area contributed by atoms with Crippen molar-refractivity contribution in [3.05, 3.63) is 35.6 Å². The van der Waals surface area contributed by atoms with E-state index in [1.54, 1.807) is 20.8 Å². The van der Waals surface area contributed by atoms with E-state index in [4.69, 9.17) is 0 Å². The molecule has 0 atom stereocenters. The standard InChI is InChI=1S/C7H6F.C5H10O2.Zn/c1-6-2-4-7(8)5-3-6;1-5(2,3)4(6)7;/h2-5H,1H2;1-3H3,(H,6,7);/q;;+1/p-1. The van der Waals surface area contributed by atoms with Crippen LogP contribution in [0.3, 0.4) is 0 Å². The van der Waals surface area contributed by atoms with Gasteiger partial charge in [-0.3, -0.25) is 0 Å². The molecule has 4 heteroatoms. The van der Waals surface area contributed by atoms with Crippen LogP contribution in [0.5, 0.6) is 0 Å². The number of rotatable bonds is 1. The summed E-state index contributed by atoms with van der Waals surface area (Å²) in [6.07, 6.45) is 0. The molecule has 16 heavy (non-hydrogen) atoms. The van der Waals surface area contributed by atoms with E-state index in [1.807, 2.05) is 12.1 Å². The molecule has 2 nitrogen and oxygen atoms in total. The molecule has 0 aliphatic heterocycles. The fourth-order valence-electron chi connectivity index (χ4n) is 0.651. The van der Waals surface area contributed by atoms with Crippen molar-refractivity contribution in [3.63, 3.8) is 0 Å². The number of hydrogen-bond donors (Lipinski definition) is 0. The second-order valence-electron chi connectivity index (χ2n) is 4.41. The van der Waals surface area contributed by atoms with Gasteiger partial charge in [-0.1, -0.05) is 20.8 Å². The van der Waals surface area contributed by atoms with Crippen LogP contribution in [-0.4, -0.2) is 5.97 Å². The van der Waals surface area contributed by atoms with Crippen molar-refractivity contribution >= 4 is 5.97 Å². The summed E-state index contributed by atoms with van der Waals surface area (Å²) in [7, 11) is 0.